The molecule has 1 heterocycles. The minimum atomic E-state index is -0.529. The molecule has 1 aromatic carbocycles. The fraction of sp³-hybridized carbons (Fsp3) is 0.579. The molecule has 1 aromatic rings. The van der Waals surface area contributed by atoms with Gasteiger partial charge in [0.2, 0.25) is 0 Å². The molecule has 1 fully saturated rings. The Morgan fingerprint density at radius 2 is 1.88 bits per heavy atom. The largest absolute Gasteiger partial charge is 0.460 e. The molecule has 6 nitrogen and oxygen atoms in total. The van der Waals surface area contributed by atoms with Gasteiger partial charge in [-0.25, -0.2) is 9.59 Å². The Morgan fingerprint density at radius 3 is 2.40 bits per heavy atom. The maximum absolute atomic E-state index is 12.3. The van der Waals surface area contributed by atoms with Crippen LogP contribution in [0.25, 0.3) is 0 Å². The van der Waals surface area contributed by atoms with E-state index in [2.05, 4.69) is 24.1 Å². The van der Waals surface area contributed by atoms with Crippen molar-refractivity contribution in [2.45, 2.75) is 39.8 Å². The highest BCUT2D eigenvalue weighted by Crippen LogP contribution is 2.18. The van der Waals surface area contributed by atoms with Crippen LogP contribution in [0.2, 0.25) is 0 Å². The van der Waals surface area contributed by atoms with E-state index in [0.29, 0.717) is 18.7 Å². The Kier molecular flexibility index (Phi) is 6.42. The van der Waals surface area contributed by atoms with E-state index in [4.69, 9.17) is 4.74 Å². The maximum Gasteiger partial charge on any atom is 0.338 e. The van der Waals surface area contributed by atoms with Gasteiger partial charge in [-0.3, -0.25) is 4.90 Å². The molecule has 138 valence electrons. The molecule has 1 aliphatic rings. The lowest BCUT2D eigenvalue weighted by molar-refractivity contribution is 0.0263. The van der Waals surface area contributed by atoms with E-state index in [9.17, 15) is 9.59 Å². The molecule has 0 spiro atoms. The minimum absolute atomic E-state index is 0.109. The second-order valence-electron chi connectivity index (χ2n) is 6.93. The fourth-order valence-corrected chi connectivity index (χ4v) is 2.90. The van der Waals surface area contributed by atoms with E-state index in [-0.39, 0.29) is 18.6 Å². The van der Waals surface area contributed by atoms with Crippen LogP contribution in [-0.4, -0.2) is 60.1 Å². The predicted molar refractivity (Wildman–Crippen MR) is 97.5 cm³/mol. The second kappa shape index (κ2) is 8.34. The molecular formula is C19H29N3O3. The summed E-state index contributed by atoms with van der Waals surface area (Å²) in [5.74, 6) is -0.359. The van der Waals surface area contributed by atoms with Crippen molar-refractivity contribution < 1.29 is 14.3 Å². The van der Waals surface area contributed by atoms with Crippen LogP contribution in [0.3, 0.4) is 0 Å². The summed E-state index contributed by atoms with van der Waals surface area (Å²) < 4.78 is 5.45. The average molecular weight is 347 g/mol. The number of hydrogen-bond acceptors (Lipinski definition) is 4. The van der Waals surface area contributed by atoms with Crippen molar-refractivity contribution in [1.29, 1.82) is 0 Å². The van der Waals surface area contributed by atoms with E-state index in [1.54, 1.807) is 17.0 Å². The van der Waals surface area contributed by atoms with Crippen molar-refractivity contribution in [2.24, 2.45) is 0 Å². The predicted octanol–water partition coefficient (Wildman–Crippen LogP) is 2.49. The first-order valence-corrected chi connectivity index (χ1v) is 8.91. The topological polar surface area (TPSA) is 61.9 Å². The lowest BCUT2D eigenvalue weighted by Crippen LogP contribution is -2.49. The Hall–Kier alpha value is -2.08. The van der Waals surface area contributed by atoms with Crippen LogP contribution in [-0.2, 0) is 11.3 Å². The molecule has 1 N–H and O–H groups in total. The molecule has 0 saturated carbocycles. The number of urea groups is 1. The SMILES string of the molecule is CCN(CC)Cc1ccc(C(=O)OCC(C)(C)N2CCNC2=O)cc1. The van der Waals surface area contributed by atoms with E-state index < -0.39 is 5.54 Å². The van der Waals surface area contributed by atoms with Crippen LogP contribution in [0, 0.1) is 0 Å². The number of benzene rings is 1. The van der Waals surface area contributed by atoms with Crippen molar-refractivity contribution in [2.75, 3.05) is 32.8 Å². The van der Waals surface area contributed by atoms with Crippen molar-refractivity contribution in [3.8, 4) is 0 Å². The zero-order valence-electron chi connectivity index (χ0n) is 15.7. The fourth-order valence-electron chi connectivity index (χ4n) is 2.90. The van der Waals surface area contributed by atoms with Gasteiger partial charge in [0.25, 0.3) is 0 Å². The second-order valence-corrected chi connectivity index (χ2v) is 6.93. The molecule has 0 radical (unpaired) electrons. The van der Waals surface area contributed by atoms with Gasteiger partial charge in [-0.2, -0.15) is 0 Å². The van der Waals surface area contributed by atoms with E-state index in [1.165, 1.54) is 5.56 Å². The van der Waals surface area contributed by atoms with Gasteiger partial charge >= 0.3 is 12.0 Å². The summed E-state index contributed by atoms with van der Waals surface area (Å²) in [5, 5.41) is 2.77. The number of rotatable bonds is 8. The lowest BCUT2D eigenvalue weighted by Gasteiger charge is -2.33. The summed E-state index contributed by atoms with van der Waals surface area (Å²) in [5.41, 5.74) is 1.18. The van der Waals surface area contributed by atoms with Gasteiger partial charge in [-0.1, -0.05) is 26.0 Å². The van der Waals surface area contributed by atoms with Crippen LogP contribution in [0.4, 0.5) is 4.79 Å². The molecule has 1 aliphatic heterocycles. The highest BCUT2D eigenvalue weighted by molar-refractivity contribution is 5.89. The summed E-state index contributed by atoms with van der Waals surface area (Å²) >= 11 is 0. The zero-order chi connectivity index (χ0) is 18.4. The Labute approximate surface area is 150 Å². The van der Waals surface area contributed by atoms with Crippen molar-refractivity contribution in [3.05, 3.63) is 35.4 Å². The molecular weight excluding hydrogens is 318 g/mol. The molecule has 0 aliphatic carbocycles. The maximum atomic E-state index is 12.3. The molecule has 25 heavy (non-hydrogen) atoms. The molecule has 2 rings (SSSR count). The third-order valence-corrected chi connectivity index (χ3v) is 4.63. The van der Waals surface area contributed by atoms with Crippen LogP contribution in [0.15, 0.2) is 24.3 Å². The van der Waals surface area contributed by atoms with Gasteiger partial charge in [0.1, 0.15) is 6.61 Å². The summed E-state index contributed by atoms with van der Waals surface area (Å²) in [6.45, 7) is 12.4. The molecule has 0 unspecified atom stereocenters. The third-order valence-electron chi connectivity index (χ3n) is 4.63. The minimum Gasteiger partial charge on any atom is -0.460 e. The quantitative estimate of drug-likeness (QED) is 0.734. The van der Waals surface area contributed by atoms with Crippen LogP contribution < -0.4 is 5.32 Å². The molecule has 2 amide bonds. The number of esters is 1. The Morgan fingerprint density at radius 1 is 1.24 bits per heavy atom. The third kappa shape index (κ3) is 4.95. The first kappa shape index (κ1) is 19.2. The molecule has 0 atom stereocenters. The van der Waals surface area contributed by atoms with Gasteiger partial charge in [-0.05, 0) is 44.6 Å². The van der Waals surface area contributed by atoms with Crippen molar-refractivity contribution >= 4 is 12.0 Å². The number of ether oxygens (including phenoxy) is 1. The highest BCUT2D eigenvalue weighted by atomic mass is 16.5. The lowest BCUT2D eigenvalue weighted by atomic mass is 10.1. The molecule has 0 bridgehead atoms. The van der Waals surface area contributed by atoms with Crippen LogP contribution >= 0.6 is 0 Å². The number of nitrogens with zero attached hydrogens (tertiary/aromatic N) is 2. The number of amides is 2. The summed E-state index contributed by atoms with van der Waals surface area (Å²) in [6, 6.07) is 7.43. The first-order chi connectivity index (χ1) is 11.9. The Balaban J connectivity index is 1.91. The average Bonchev–Trinajstić information content (AvgIpc) is 3.05. The van der Waals surface area contributed by atoms with Gasteiger partial charge < -0.3 is 15.0 Å². The summed E-state index contributed by atoms with van der Waals surface area (Å²) in [6.07, 6.45) is 0. The van der Waals surface area contributed by atoms with Gasteiger partial charge in [0.05, 0.1) is 11.1 Å². The first-order valence-electron chi connectivity index (χ1n) is 8.91. The number of hydrogen-bond donors (Lipinski definition) is 1. The standard InChI is InChI=1S/C19H29N3O3/c1-5-21(6-2)13-15-7-9-16(10-8-15)17(23)25-14-19(3,4)22-12-11-20-18(22)24/h7-10H,5-6,11-14H2,1-4H3,(H,20,24). The molecule has 6 heteroatoms. The van der Waals surface area contributed by atoms with Crippen molar-refractivity contribution in [3.63, 3.8) is 0 Å². The van der Waals surface area contributed by atoms with Crippen molar-refractivity contribution in [1.82, 2.24) is 15.1 Å². The Bertz CT molecular complexity index is 594. The normalized spacial score (nSPS) is 14.8. The smallest absolute Gasteiger partial charge is 0.338 e. The monoisotopic (exact) mass is 347 g/mol. The van der Waals surface area contributed by atoms with E-state index >= 15 is 0 Å². The number of nitrogens with one attached hydrogen (secondary N) is 1. The van der Waals surface area contributed by atoms with Crippen LogP contribution in [0.5, 0.6) is 0 Å². The van der Waals surface area contributed by atoms with Gasteiger partial charge in [0, 0.05) is 19.6 Å². The number of carbonyl (C=O) groups excluding carboxylic acids is 2. The molecule has 0 aromatic heterocycles. The van der Waals surface area contributed by atoms with E-state index in [1.807, 2.05) is 26.0 Å². The highest BCUT2D eigenvalue weighted by Gasteiger charge is 2.35. The van der Waals surface area contributed by atoms with E-state index in [0.717, 1.165) is 19.6 Å². The zero-order valence-corrected chi connectivity index (χ0v) is 15.7. The molecule has 1 saturated heterocycles. The van der Waals surface area contributed by atoms with Gasteiger partial charge in [-0.15, -0.1) is 0 Å². The van der Waals surface area contributed by atoms with Gasteiger partial charge in [0.15, 0.2) is 0 Å². The number of carbonyl (C=O) groups is 2. The van der Waals surface area contributed by atoms with Crippen LogP contribution in [0.1, 0.15) is 43.6 Å². The summed E-state index contributed by atoms with van der Waals surface area (Å²) in [4.78, 5) is 28.1. The summed E-state index contributed by atoms with van der Waals surface area (Å²) in [7, 11) is 0.